The third-order valence-corrected chi connectivity index (χ3v) is 3.11. The molecular weight excluding hydrogens is 268 g/mol. The molecule has 0 saturated heterocycles. The predicted octanol–water partition coefficient (Wildman–Crippen LogP) is -0.614. The molecule has 1 aromatic heterocycles. The summed E-state index contributed by atoms with van der Waals surface area (Å²) in [5, 5.41) is 0.258. The molecule has 1 aromatic rings. The first kappa shape index (κ1) is 13.4. The van der Waals surface area contributed by atoms with Gasteiger partial charge in [-0.1, -0.05) is 22.9 Å². The Balaban J connectivity index is 2.98. The third-order valence-electron chi connectivity index (χ3n) is 1.67. The molecule has 0 fully saturated rings. The molecule has 0 bridgehead atoms. The molecular formula is C8H9ClN4O3S. The molecule has 0 aliphatic heterocycles. The Morgan fingerprint density at radius 2 is 1.88 bits per heavy atom. The standard InChI is InChI=1S/C8H9ClN4O3S/c9-7-4(3-14)17-8(12-7)13(1-5(10)15)2-6(11)16/h3H,1-2H2,(H2,10,15)(H2,11,16). The van der Waals surface area contributed by atoms with Crippen molar-refractivity contribution in [3.8, 4) is 0 Å². The van der Waals surface area contributed by atoms with Crippen molar-refractivity contribution in [2.45, 2.75) is 0 Å². The van der Waals surface area contributed by atoms with Crippen LogP contribution in [-0.2, 0) is 9.59 Å². The number of nitrogens with two attached hydrogens (primary N) is 2. The van der Waals surface area contributed by atoms with Gasteiger partial charge in [-0.05, 0) is 0 Å². The summed E-state index contributed by atoms with van der Waals surface area (Å²) in [6.45, 7) is -0.462. The number of carbonyl (C=O) groups is 3. The SMILES string of the molecule is NC(=O)CN(CC(N)=O)c1nc(Cl)c(C=O)s1. The molecule has 4 N–H and O–H groups in total. The van der Waals surface area contributed by atoms with Crippen molar-refractivity contribution >= 4 is 46.2 Å². The number of primary amides is 2. The number of hydrogen-bond donors (Lipinski definition) is 2. The number of aldehydes is 1. The molecule has 0 radical (unpaired) electrons. The van der Waals surface area contributed by atoms with Crippen LogP contribution in [0.3, 0.4) is 0 Å². The zero-order valence-electron chi connectivity index (χ0n) is 8.55. The highest BCUT2D eigenvalue weighted by molar-refractivity contribution is 7.17. The van der Waals surface area contributed by atoms with Gasteiger partial charge in [0.25, 0.3) is 0 Å². The number of carbonyl (C=O) groups excluding carboxylic acids is 3. The lowest BCUT2D eigenvalue weighted by atomic mass is 10.5. The van der Waals surface area contributed by atoms with Crippen molar-refractivity contribution in [2.24, 2.45) is 11.5 Å². The number of thiazole rings is 1. The lowest BCUT2D eigenvalue weighted by Crippen LogP contribution is -2.39. The first-order valence-corrected chi connectivity index (χ1v) is 5.56. The van der Waals surface area contributed by atoms with Gasteiger partial charge in [0, 0.05) is 0 Å². The number of anilines is 1. The van der Waals surface area contributed by atoms with Crippen LogP contribution >= 0.6 is 22.9 Å². The lowest BCUT2D eigenvalue weighted by molar-refractivity contribution is -0.117. The number of rotatable bonds is 6. The van der Waals surface area contributed by atoms with E-state index in [0.717, 1.165) is 11.3 Å². The monoisotopic (exact) mass is 276 g/mol. The smallest absolute Gasteiger partial charge is 0.237 e. The Kier molecular flexibility index (Phi) is 4.41. The van der Waals surface area contributed by atoms with Crippen LogP contribution in [0.25, 0.3) is 0 Å². The normalized spacial score (nSPS) is 9.94. The molecule has 2 amide bonds. The molecule has 92 valence electrons. The number of nitrogens with zero attached hydrogens (tertiary/aromatic N) is 2. The van der Waals surface area contributed by atoms with E-state index >= 15 is 0 Å². The highest BCUT2D eigenvalue weighted by Gasteiger charge is 2.18. The number of amides is 2. The quantitative estimate of drug-likeness (QED) is 0.672. The summed E-state index contributed by atoms with van der Waals surface area (Å²) in [5.74, 6) is -1.30. The van der Waals surface area contributed by atoms with Crippen molar-refractivity contribution in [1.82, 2.24) is 4.98 Å². The molecule has 0 atom stereocenters. The average molecular weight is 277 g/mol. The summed E-state index contributed by atoms with van der Waals surface area (Å²) < 4.78 is 0. The Morgan fingerprint density at radius 3 is 2.24 bits per heavy atom. The van der Waals surface area contributed by atoms with Crippen molar-refractivity contribution in [3.05, 3.63) is 10.0 Å². The van der Waals surface area contributed by atoms with Gasteiger partial charge < -0.3 is 16.4 Å². The minimum Gasteiger partial charge on any atom is -0.368 e. The van der Waals surface area contributed by atoms with Gasteiger partial charge in [0.2, 0.25) is 11.8 Å². The van der Waals surface area contributed by atoms with E-state index in [2.05, 4.69) is 4.98 Å². The Labute approximate surface area is 105 Å². The van der Waals surface area contributed by atoms with Crippen LogP contribution in [0.15, 0.2) is 0 Å². The zero-order valence-corrected chi connectivity index (χ0v) is 10.1. The highest BCUT2D eigenvalue weighted by Crippen LogP contribution is 2.27. The summed E-state index contributed by atoms with van der Waals surface area (Å²) >= 11 is 6.62. The van der Waals surface area contributed by atoms with Gasteiger partial charge in [-0.15, -0.1) is 0 Å². The zero-order chi connectivity index (χ0) is 13.0. The number of halogens is 1. The van der Waals surface area contributed by atoms with E-state index in [1.54, 1.807) is 0 Å². The number of aromatic nitrogens is 1. The molecule has 0 aliphatic rings. The summed E-state index contributed by atoms with van der Waals surface area (Å²) in [5.41, 5.74) is 10.1. The maximum Gasteiger partial charge on any atom is 0.237 e. The summed E-state index contributed by atoms with van der Waals surface area (Å²) in [7, 11) is 0. The van der Waals surface area contributed by atoms with Gasteiger partial charge in [-0.2, -0.15) is 0 Å². The van der Waals surface area contributed by atoms with E-state index in [0.29, 0.717) is 6.29 Å². The first-order chi connectivity index (χ1) is 7.93. The number of hydrogen-bond acceptors (Lipinski definition) is 6. The Bertz CT molecular complexity index is 446. The fourth-order valence-electron chi connectivity index (χ4n) is 1.08. The topological polar surface area (TPSA) is 119 Å². The Morgan fingerprint density at radius 1 is 1.35 bits per heavy atom. The molecule has 0 aromatic carbocycles. The fraction of sp³-hybridized carbons (Fsp3) is 0.250. The summed E-state index contributed by atoms with van der Waals surface area (Å²) in [4.78, 5) is 37.6. The molecule has 0 saturated carbocycles. The van der Waals surface area contributed by atoms with Gasteiger partial charge in [0.1, 0.15) is 4.88 Å². The molecule has 1 rings (SSSR count). The second kappa shape index (κ2) is 5.60. The summed E-state index contributed by atoms with van der Waals surface area (Å²) in [6.07, 6.45) is 0.538. The summed E-state index contributed by atoms with van der Waals surface area (Å²) in [6, 6.07) is 0. The van der Waals surface area contributed by atoms with Crippen molar-refractivity contribution in [2.75, 3.05) is 18.0 Å². The average Bonchev–Trinajstić information content (AvgIpc) is 2.57. The van der Waals surface area contributed by atoms with Crippen LogP contribution in [0, 0.1) is 0 Å². The lowest BCUT2D eigenvalue weighted by Gasteiger charge is -2.17. The first-order valence-electron chi connectivity index (χ1n) is 4.37. The minimum absolute atomic E-state index is 0.0129. The van der Waals surface area contributed by atoms with Crippen molar-refractivity contribution < 1.29 is 14.4 Å². The van der Waals surface area contributed by atoms with Crippen LogP contribution in [-0.4, -0.2) is 36.2 Å². The maximum absolute atomic E-state index is 10.8. The van der Waals surface area contributed by atoms with Crippen molar-refractivity contribution in [1.29, 1.82) is 0 Å². The molecule has 9 heteroatoms. The third kappa shape index (κ3) is 3.68. The minimum atomic E-state index is -0.648. The molecule has 7 nitrogen and oxygen atoms in total. The largest absolute Gasteiger partial charge is 0.368 e. The van der Waals surface area contributed by atoms with E-state index in [1.165, 1.54) is 4.90 Å². The molecule has 1 heterocycles. The van der Waals surface area contributed by atoms with Gasteiger partial charge in [-0.25, -0.2) is 4.98 Å². The molecule has 0 aliphatic carbocycles. The van der Waals surface area contributed by atoms with E-state index < -0.39 is 11.8 Å². The van der Waals surface area contributed by atoms with E-state index in [1.807, 2.05) is 0 Å². The van der Waals surface area contributed by atoms with Crippen LogP contribution in [0.4, 0.5) is 5.13 Å². The van der Waals surface area contributed by atoms with E-state index in [9.17, 15) is 14.4 Å². The second-order valence-electron chi connectivity index (χ2n) is 3.06. The molecule has 17 heavy (non-hydrogen) atoms. The Hall–Kier alpha value is -1.67. The van der Waals surface area contributed by atoms with Crippen molar-refractivity contribution in [3.63, 3.8) is 0 Å². The van der Waals surface area contributed by atoms with E-state index in [-0.39, 0.29) is 28.3 Å². The highest BCUT2D eigenvalue weighted by atomic mass is 35.5. The van der Waals surface area contributed by atoms with Gasteiger partial charge in [0.15, 0.2) is 16.6 Å². The van der Waals surface area contributed by atoms with Gasteiger partial charge in [-0.3, -0.25) is 14.4 Å². The van der Waals surface area contributed by atoms with Crippen LogP contribution < -0.4 is 16.4 Å². The van der Waals surface area contributed by atoms with E-state index in [4.69, 9.17) is 23.1 Å². The predicted molar refractivity (Wildman–Crippen MR) is 63.1 cm³/mol. The van der Waals surface area contributed by atoms with Crippen LogP contribution in [0.2, 0.25) is 5.15 Å². The van der Waals surface area contributed by atoms with Gasteiger partial charge >= 0.3 is 0 Å². The van der Waals surface area contributed by atoms with Crippen LogP contribution in [0.5, 0.6) is 0 Å². The molecule has 0 unspecified atom stereocenters. The van der Waals surface area contributed by atoms with Gasteiger partial charge in [0.05, 0.1) is 13.1 Å². The van der Waals surface area contributed by atoms with Crippen LogP contribution in [0.1, 0.15) is 9.67 Å². The fourth-order valence-corrected chi connectivity index (χ4v) is 2.14. The maximum atomic E-state index is 10.8. The second-order valence-corrected chi connectivity index (χ2v) is 4.43. The molecule has 0 spiro atoms.